The summed E-state index contributed by atoms with van der Waals surface area (Å²) in [5.41, 5.74) is 1.25. The number of hydrogen-bond donors (Lipinski definition) is 0. The van der Waals surface area contributed by atoms with E-state index in [9.17, 15) is 0 Å². The molecule has 0 radical (unpaired) electrons. The maximum atomic E-state index is 2.29. The van der Waals surface area contributed by atoms with Gasteiger partial charge in [0.15, 0.2) is 0 Å². The molecule has 0 spiro atoms. The molecule has 0 aromatic heterocycles. The molecule has 0 fully saturated rings. The average molecular weight is 404 g/mol. The Morgan fingerprint density at radius 2 is 1.10 bits per heavy atom. The third-order valence-electron chi connectivity index (χ3n) is 6.05. The van der Waals surface area contributed by atoms with E-state index in [0.29, 0.717) is 0 Å². The van der Waals surface area contributed by atoms with Crippen LogP contribution in [0.25, 0.3) is 43.1 Å². The Kier molecular flexibility index (Phi) is 3.90. The summed E-state index contributed by atoms with van der Waals surface area (Å²) in [5.74, 6) is 0. The normalized spacial score (nSPS) is 11.8. The minimum absolute atomic E-state index is 1.25. The summed E-state index contributed by atoms with van der Waals surface area (Å²) < 4.78 is 0. The van der Waals surface area contributed by atoms with E-state index >= 15 is 0 Å². The van der Waals surface area contributed by atoms with Crippen LogP contribution in [-0.4, -0.2) is 14.1 Å². The molecule has 0 bridgehead atoms. The number of benzene rings is 6. The molecular formula is C28H21NS. The van der Waals surface area contributed by atoms with E-state index in [2.05, 4.69) is 110 Å². The van der Waals surface area contributed by atoms with E-state index in [0.717, 1.165) is 0 Å². The molecule has 0 atom stereocenters. The van der Waals surface area contributed by atoms with Gasteiger partial charge in [-0.15, -0.1) is 0 Å². The lowest BCUT2D eigenvalue weighted by Crippen LogP contribution is -2.08. The predicted octanol–water partition coefficient (Wildman–Crippen LogP) is 7.95. The van der Waals surface area contributed by atoms with Crippen LogP contribution in [0.1, 0.15) is 0 Å². The number of rotatable bonds is 3. The Morgan fingerprint density at radius 1 is 0.500 bits per heavy atom. The van der Waals surface area contributed by atoms with Crippen molar-refractivity contribution in [3.05, 3.63) is 91.0 Å². The molecule has 0 aliphatic carbocycles. The van der Waals surface area contributed by atoms with Crippen molar-refractivity contribution in [2.75, 3.05) is 19.0 Å². The van der Waals surface area contributed by atoms with Gasteiger partial charge in [-0.25, -0.2) is 0 Å². The van der Waals surface area contributed by atoms with Gasteiger partial charge in [0.1, 0.15) is 0 Å². The summed E-state index contributed by atoms with van der Waals surface area (Å²) in [5, 5.41) is 10.6. The minimum Gasteiger partial charge on any atom is -0.377 e. The molecule has 0 saturated heterocycles. The van der Waals surface area contributed by atoms with Crippen molar-refractivity contribution in [3.8, 4) is 0 Å². The van der Waals surface area contributed by atoms with Crippen molar-refractivity contribution in [3.63, 3.8) is 0 Å². The quantitative estimate of drug-likeness (QED) is 0.276. The van der Waals surface area contributed by atoms with Gasteiger partial charge >= 0.3 is 0 Å². The molecule has 0 saturated carbocycles. The zero-order chi connectivity index (χ0) is 20.2. The first-order chi connectivity index (χ1) is 14.7. The molecule has 0 heterocycles. The van der Waals surface area contributed by atoms with Crippen LogP contribution in [-0.2, 0) is 0 Å². The van der Waals surface area contributed by atoms with Gasteiger partial charge in [0.05, 0.1) is 0 Å². The van der Waals surface area contributed by atoms with Crippen molar-refractivity contribution in [2.24, 2.45) is 0 Å². The van der Waals surface area contributed by atoms with Crippen LogP contribution in [0.2, 0.25) is 0 Å². The van der Waals surface area contributed by atoms with Crippen molar-refractivity contribution < 1.29 is 0 Å². The molecule has 0 unspecified atom stereocenters. The zero-order valence-corrected chi connectivity index (χ0v) is 17.8. The van der Waals surface area contributed by atoms with E-state index in [4.69, 9.17) is 0 Å². The molecule has 6 rings (SSSR count). The third-order valence-corrected chi connectivity index (χ3v) is 7.20. The summed E-state index contributed by atoms with van der Waals surface area (Å²) in [7, 11) is 4.21. The summed E-state index contributed by atoms with van der Waals surface area (Å²) in [6, 6.07) is 33.4. The van der Waals surface area contributed by atoms with E-state index < -0.39 is 0 Å². The number of fused-ring (bicyclic) bond motifs is 1. The SMILES string of the molecule is CN(C)c1cccc2c(Sc3ccc4ccc5cccc6ccc3c4c56)cccc12. The van der Waals surface area contributed by atoms with Crippen molar-refractivity contribution in [2.45, 2.75) is 9.79 Å². The summed E-state index contributed by atoms with van der Waals surface area (Å²) in [4.78, 5) is 4.79. The van der Waals surface area contributed by atoms with E-state index in [1.165, 1.54) is 58.6 Å². The van der Waals surface area contributed by atoms with E-state index in [-0.39, 0.29) is 0 Å². The van der Waals surface area contributed by atoms with Crippen LogP contribution in [0.5, 0.6) is 0 Å². The van der Waals surface area contributed by atoms with Gasteiger partial charge in [-0.3, -0.25) is 0 Å². The first kappa shape index (κ1) is 17.6. The molecule has 2 heteroatoms. The molecule has 30 heavy (non-hydrogen) atoms. The standard InChI is InChI=1S/C28H21NS/c1-29(2)24-10-4-9-22-21(24)8-5-11-25(22)30-26-17-15-20-13-12-18-6-3-7-19-14-16-23(26)28(20)27(18)19/h3-17H,1-2H3. The second kappa shape index (κ2) is 6.65. The molecular weight excluding hydrogens is 382 g/mol. The van der Waals surface area contributed by atoms with Crippen LogP contribution in [0.15, 0.2) is 101 Å². The molecule has 1 nitrogen and oxygen atoms in total. The topological polar surface area (TPSA) is 3.24 Å². The molecule has 0 aliphatic heterocycles. The fraction of sp³-hybridized carbons (Fsp3) is 0.0714. The van der Waals surface area contributed by atoms with Crippen molar-refractivity contribution in [1.82, 2.24) is 0 Å². The van der Waals surface area contributed by atoms with Crippen molar-refractivity contribution in [1.29, 1.82) is 0 Å². The maximum Gasteiger partial charge on any atom is 0.0441 e. The first-order valence-corrected chi connectivity index (χ1v) is 11.1. The second-order valence-electron chi connectivity index (χ2n) is 8.04. The fourth-order valence-corrected chi connectivity index (χ4v) is 5.75. The Labute approximate surface area is 180 Å². The van der Waals surface area contributed by atoms with E-state index in [1.807, 2.05) is 11.8 Å². The molecule has 0 amide bonds. The summed E-state index contributed by atoms with van der Waals surface area (Å²) in [6.45, 7) is 0. The average Bonchev–Trinajstić information content (AvgIpc) is 2.78. The Bertz CT molecular complexity index is 1530. The number of hydrogen-bond acceptors (Lipinski definition) is 2. The minimum atomic E-state index is 1.25. The lowest BCUT2D eigenvalue weighted by Gasteiger charge is -2.17. The largest absolute Gasteiger partial charge is 0.377 e. The van der Waals surface area contributed by atoms with Gasteiger partial charge in [-0.05, 0) is 55.9 Å². The van der Waals surface area contributed by atoms with Gasteiger partial charge in [0.2, 0.25) is 0 Å². The highest BCUT2D eigenvalue weighted by atomic mass is 32.2. The van der Waals surface area contributed by atoms with Crippen LogP contribution < -0.4 is 4.90 Å². The predicted molar refractivity (Wildman–Crippen MR) is 133 cm³/mol. The first-order valence-electron chi connectivity index (χ1n) is 10.2. The molecule has 0 aliphatic rings. The monoisotopic (exact) mass is 403 g/mol. The van der Waals surface area contributed by atoms with Crippen LogP contribution >= 0.6 is 11.8 Å². The Balaban J connectivity index is 1.59. The highest BCUT2D eigenvalue weighted by molar-refractivity contribution is 7.99. The lowest BCUT2D eigenvalue weighted by atomic mass is 9.94. The second-order valence-corrected chi connectivity index (χ2v) is 9.13. The van der Waals surface area contributed by atoms with E-state index in [1.54, 1.807) is 0 Å². The number of nitrogens with zero attached hydrogens (tertiary/aromatic N) is 1. The molecule has 6 aromatic carbocycles. The van der Waals surface area contributed by atoms with Crippen molar-refractivity contribution >= 4 is 60.5 Å². The zero-order valence-electron chi connectivity index (χ0n) is 17.0. The Morgan fingerprint density at radius 3 is 1.90 bits per heavy atom. The number of anilines is 1. The lowest BCUT2D eigenvalue weighted by molar-refractivity contribution is 1.14. The van der Waals surface area contributed by atoms with Gasteiger partial charge < -0.3 is 4.90 Å². The molecule has 0 N–H and O–H groups in total. The van der Waals surface area contributed by atoms with Crippen LogP contribution in [0.3, 0.4) is 0 Å². The summed E-state index contributed by atoms with van der Waals surface area (Å²) >= 11 is 1.87. The van der Waals surface area contributed by atoms with Gasteiger partial charge in [0.25, 0.3) is 0 Å². The maximum absolute atomic E-state index is 2.29. The summed E-state index contributed by atoms with van der Waals surface area (Å²) in [6.07, 6.45) is 0. The van der Waals surface area contributed by atoms with Gasteiger partial charge in [-0.1, -0.05) is 84.6 Å². The smallest absolute Gasteiger partial charge is 0.0441 e. The molecule has 6 aromatic rings. The Hall–Kier alpha value is -3.23. The highest BCUT2D eigenvalue weighted by Crippen LogP contribution is 2.43. The highest BCUT2D eigenvalue weighted by Gasteiger charge is 2.13. The van der Waals surface area contributed by atoms with Gasteiger partial charge in [-0.2, -0.15) is 0 Å². The molecule has 144 valence electrons. The van der Waals surface area contributed by atoms with Crippen LogP contribution in [0.4, 0.5) is 5.69 Å². The fourth-order valence-electron chi connectivity index (χ4n) is 4.66. The van der Waals surface area contributed by atoms with Crippen LogP contribution in [0, 0.1) is 0 Å². The third kappa shape index (κ3) is 2.57. The van der Waals surface area contributed by atoms with Gasteiger partial charge in [0, 0.05) is 35.0 Å².